The molecule has 1 amide bonds. The van der Waals surface area contributed by atoms with E-state index in [1.807, 2.05) is 0 Å². The van der Waals surface area contributed by atoms with Crippen molar-refractivity contribution in [2.24, 2.45) is 5.92 Å². The van der Waals surface area contributed by atoms with E-state index >= 15 is 0 Å². The Morgan fingerprint density at radius 3 is 2.35 bits per heavy atom. The monoisotopic (exact) mass is 321 g/mol. The van der Waals surface area contributed by atoms with Crippen LogP contribution in [0.4, 0.5) is 4.39 Å². The number of nitrogens with one attached hydrogen (secondary N) is 1. The SMILES string of the molecule is O=C(O)C1CC(NC(=O)C2(c3ccc(F)cc3)CCOCC2)C1. The lowest BCUT2D eigenvalue weighted by atomic mass is 9.72. The third kappa shape index (κ3) is 3.08. The van der Waals surface area contributed by atoms with Gasteiger partial charge >= 0.3 is 5.97 Å². The van der Waals surface area contributed by atoms with Gasteiger partial charge in [-0.3, -0.25) is 9.59 Å². The first kappa shape index (κ1) is 15.9. The van der Waals surface area contributed by atoms with Gasteiger partial charge in [0, 0.05) is 19.3 Å². The maximum absolute atomic E-state index is 13.2. The van der Waals surface area contributed by atoms with E-state index in [4.69, 9.17) is 9.84 Å². The molecule has 2 N–H and O–H groups in total. The van der Waals surface area contributed by atoms with Crippen molar-refractivity contribution in [2.75, 3.05) is 13.2 Å². The Kier molecular flexibility index (Phi) is 4.35. The fourth-order valence-corrected chi connectivity index (χ4v) is 3.40. The highest BCUT2D eigenvalue weighted by molar-refractivity contribution is 5.89. The number of hydrogen-bond acceptors (Lipinski definition) is 3. The lowest BCUT2D eigenvalue weighted by molar-refractivity contribution is -0.147. The van der Waals surface area contributed by atoms with Gasteiger partial charge in [-0.15, -0.1) is 0 Å². The standard InChI is InChI=1S/C17H20FNO4/c18-13-3-1-12(2-4-13)17(5-7-23-8-6-17)16(22)19-14-9-11(10-14)15(20)21/h1-4,11,14H,5-10H2,(H,19,22)(H,20,21). The Hall–Kier alpha value is -1.95. The van der Waals surface area contributed by atoms with E-state index in [1.165, 1.54) is 12.1 Å². The average Bonchev–Trinajstić information content (AvgIpc) is 2.51. The molecule has 1 saturated carbocycles. The van der Waals surface area contributed by atoms with Crippen molar-refractivity contribution in [1.29, 1.82) is 0 Å². The van der Waals surface area contributed by atoms with Gasteiger partial charge in [-0.05, 0) is 43.4 Å². The molecule has 5 nitrogen and oxygen atoms in total. The van der Waals surface area contributed by atoms with Gasteiger partial charge in [0.25, 0.3) is 0 Å². The molecule has 0 spiro atoms. The molecule has 6 heteroatoms. The second-order valence-electron chi connectivity index (χ2n) is 6.38. The van der Waals surface area contributed by atoms with Crippen LogP contribution in [0.1, 0.15) is 31.2 Å². The second kappa shape index (κ2) is 6.28. The number of hydrogen-bond donors (Lipinski definition) is 2. The predicted octanol–water partition coefficient (Wildman–Crippen LogP) is 1.85. The zero-order valence-electron chi connectivity index (χ0n) is 12.8. The molecule has 2 fully saturated rings. The maximum atomic E-state index is 13.2. The van der Waals surface area contributed by atoms with E-state index in [2.05, 4.69) is 5.32 Å². The van der Waals surface area contributed by atoms with Gasteiger partial charge in [-0.25, -0.2) is 4.39 Å². The van der Waals surface area contributed by atoms with Gasteiger partial charge in [-0.2, -0.15) is 0 Å². The first-order chi connectivity index (χ1) is 11.0. The number of halogens is 1. The number of carbonyl (C=O) groups excluding carboxylic acids is 1. The number of carboxylic acid groups (broad SMARTS) is 1. The lowest BCUT2D eigenvalue weighted by Gasteiger charge is -2.40. The van der Waals surface area contributed by atoms with Crippen molar-refractivity contribution < 1.29 is 23.8 Å². The molecule has 1 aromatic carbocycles. The zero-order chi connectivity index (χ0) is 16.4. The number of aliphatic carboxylic acids is 1. The van der Waals surface area contributed by atoms with Crippen LogP contribution in [-0.2, 0) is 19.7 Å². The molecule has 0 radical (unpaired) electrons. The van der Waals surface area contributed by atoms with E-state index in [9.17, 15) is 14.0 Å². The molecule has 1 aromatic rings. The third-order valence-corrected chi connectivity index (χ3v) is 5.00. The molecule has 0 bridgehead atoms. The Labute approximate surface area is 133 Å². The topological polar surface area (TPSA) is 75.6 Å². The van der Waals surface area contributed by atoms with E-state index in [0.717, 1.165) is 5.56 Å². The summed E-state index contributed by atoms with van der Waals surface area (Å²) in [6.07, 6.45) is 2.02. The Morgan fingerprint density at radius 2 is 1.78 bits per heavy atom. The molecular weight excluding hydrogens is 301 g/mol. The minimum absolute atomic E-state index is 0.0937. The minimum atomic E-state index is -0.810. The van der Waals surface area contributed by atoms with Gasteiger partial charge in [0.2, 0.25) is 5.91 Å². The summed E-state index contributed by atoms with van der Waals surface area (Å²) in [5.74, 6) is -1.62. The summed E-state index contributed by atoms with van der Waals surface area (Å²) in [5.41, 5.74) is 0.0640. The molecule has 1 aliphatic carbocycles. The number of ether oxygens (including phenoxy) is 1. The van der Waals surface area contributed by atoms with Crippen LogP contribution in [-0.4, -0.2) is 36.2 Å². The predicted molar refractivity (Wildman–Crippen MR) is 80.4 cm³/mol. The van der Waals surface area contributed by atoms with Gasteiger partial charge in [0.05, 0.1) is 11.3 Å². The molecule has 1 heterocycles. The van der Waals surface area contributed by atoms with E-state index in [-0.39, 0.29) is 23.7 Å². The quantitative estimate of drug-likeness (QED) is 0.887. The second-order valence-corrected chi connectivity index (χ2v) is 6.38. The van der Waals surface area contributed by atoms with Crippen molar-refractivity contribution in [1.82, 2.24) is 5.32 Å². The van der Waals surface area contributed by atoms with Gasteiger partial charge < -0.3 is 15.2 Å². The lowest BCUT2D eigenvalue weighted by Crippen LogP contribution is -2.54. The highest BCUT2D eigenvalue weighted by atomic mass is 19.1. The van der Waals surface area contributed by atoms with E-state index < -0.39 is 11.4 Å². The smallest absolute Gasteiger partial charge is 0.306 e. The summed E-state index contributed by atoms with van der Waals surface area (Å²) in [7, 11) is 0. The zero-order valence-corrected chi connectivity index (χ0v) is 12.8. The largest absolute Gasteiger partial charge is 0.481 e. The molecule has 1 aliphatic heterocycles. The summed E-state index contributed by atoms with van der Waals surface area (Å²) in [5, 5.41) is 11.9. The fraction of sp³-hybridized carbons (Fsp3) is 0.529. The van der Waals surface area contributed by atoms with E-state index in [1.54, 1.807) is 12.1 Å². The van der Waals surface area contributed by atoms with Crippen LogP contribution < -0.4 is 5.32 Å². The average molecular weight is 321 g/mol. The summed E-state index contributed by atoms with van der Waals surface area (Å²) in [6, 6.07) is 5.94. The van der Waals surface area contributed by atoms with Crippen molar-refractivity contribution in [3.8, 4) is 0 Å². The molecule has 0 aromatic heterocycles. The molecular formula is C17H20FNO4. The number of amides is 1. The summed E-state index contributed by atoms with van der Waals surface area (Å²) in [6.45, 7) is 0.959. The van der Waals surface area contributed by atoms with Crippen LogP contribution in [0.2, 0.25) is 0 Å². The number of rotatable bonds is 4. The number of carboxylic acids is 1. The third-order valence-electron chi connectivity index (χ3n) is 5.00. The van der Waals surface area contributed by atoms with Crippen molar-refractivity contribution >= 4 is 11.9 Å². The molecule has 0 atom stereocenters. The summed E-state index contributed by atoms with van der Waals surface area (Å²) < 4.78 is 18.6. The van der Waals surface area contributed by atoms with Crippen molar-refractivity contribution in [3.05, 3.63) is 35.6 Å². The van der Waals surface area contributed by atoms with Gasteiger partial charge in [-0.1, -0.05) is 12.1 Å². The molecule has 2 aliphatic rings. The van der Waals surface area contributed by atoms with Gasteiger partial charge in [0.15, 0.2) is 0 Å². The Morgan fingerprint density at radius 1 is 1.17 bits per heavy atom. The molecule has 3 rings (SSSR count). The van der Waals surface area contributed by atoms with Crippen molar-refractivity contribution in [2.45, 2.75) is 37.1 Å². The first-order valence-corrected chi connectivity index (χ1v) is 7.89. The van der Waals surface area contributed by atoms with Crippen molar-refractivity contribution in [3.63, 3.8) is 0 Å². The van der Waals surface area contributed by atoms with E-state index in [0.29, 0.717) is 38.9 Å². The van der Waals surface area contributed by atoms with Gasteiger partial charge in [0.1, 0.15) is 5.82 Å². The van der Waals surface area contributed by atoms with Crippen LogP contribution in [0.25, 0.3) is 0 Å². The molecule has 0 unspecified atom stereocenters. The highest BCUT2D eigenvalue weighted by Crippen LogP contribution is 2.37. The van der Waals surface area contributed by atoms with Crippen LogP contribution in [0.15, 0.2) is 24.3 Å². The Balaban J connectivity index is 1.75. The normalized spacial score (nSPS) is 26.1. The molecule has 1 saturated heterocycles. The van der Waals surface area contributed by atoms with Crippen LogP contribution >= 0.6 is 0 Å². The summed E-state index contributed by atoms with van der Waals surface area (Å²) in [4.78, 5) is 23.7. The number of benzene rings is 1. The Bertz CT molecular complexity index is 589. The van der Waals surface area contributed by atoms with Crippen LogP contribution in [0.5, 0.6) is 0 Å². The minimum Gasteiger partial charge on any atom is -0.481 e. The fourth-order valence-electron chi connectivity index (χ4n) is 3.40. The van der Waals surface area contributed by atoms with Crippen LogP contribution in [0.3, 0.4) is 0 Å². The summed E-state index contributed by atoms with van der Waals surface area (Å²) >= 11 is 0. The highest BCUT2D eigenvalue weighted by Gasteiger charge is 2.44. The number of carbonyl (C=O) groups is 2. The first-order valence-electron chi connectivity index (χ1n) is 7.89. The maximum Gasteiger partial charge on any atom is 0.306 e. The molecule has 124 valence electrons. The molecule has 23 heavy (non-hydrogen) atoms. The van der Waals surface area contributed by atoms with Crippen LogP contribution in [0, 0.1) is 11.7 Å².